The van der Waals surface area contributed by atoms with E-state index >= 15 is 0 Å². The molecule has 0 heterocycles. The molecule has 0 aliphatic heterocycles. The summed E-state index contributed by atoms with van der Waals surface area (Å²) in [5.74, 6) is 1.43. The van der Waals surface area contributed by atoms with Crippen molar-refractivity contribution in [2.75, 3.05) is 19.0 Å². The van der Waals surface area contributed by atoms with Crippen LogP contribution in [0.5, 0.6) is 5.75 Å². The third-order valence-electron chi connectivity index (χ3n) is 4.50. The predicted octanol–water partition coefficient (Wildman–Crippen LogP) is 0.347. The van der Waals surface area contributed by atoms with Gasteiger partial charge in [-0.2, -0.15) is 0 Å². The van der Waals surface area contributed by atoms with Crippen LogP contribution in [0.25, 0.3) is 0 Å². The van der Waals surface area contributed by atoms with Crippen molar-refractivity contribution in [3.63, 3.8) is 0 Å². The number of ketones is 1. The number of nitrogens with two attached hydrogens (primary N) is 1. The monoisotopic (exact) mass is 425 g/mol. The Hall–Kier alpha value is -1.59. The van der Waals surface area contributed by atoms with Crippen molar-refractivity contribution in [1.29, 1.82) is 0 Å². The van der Waals surface area contributed by atoms with Crippen molar-refractivity contribution in [3.05, 3.63) is 65.7 Å². The molecular formula is C22H29Cl2NO3. The molecule has 0 aromatic heterocycles. The highest BCUT2D eigenvalue weighted by Gasteiger charge is 2.19. The second kappa shape index (κ2) is 13.6. The third-order valence-corrected chi connectivity index (χ3v) is 4.77. The Morgan fingerprint density at radius 3 is 2.61 bits per heavy atom. The smallest absolute Gasteiger partial charge is 0.168 e. The number of halogens is 2. The summed E-state index contributed by atoms with van der Waals surface area (Å²) in [5, 5.41) is 12.4. The van der Waals surface area contributed by atoms with Crippen LogP contribution in [0.1, 0.15) is 48.2 Å². The number of benzene rings is 2. The molecule has 0 fully saturated rings. The lowest BCUT2D eigenvalue weighted by atomic mass is 10.0. The van der Waals surface area contributed by atoms with Crippen LogP contribution in [0.3, 0.4) is 0 Å². The summed E-state index contributed by atoms with van der Waals surface area (Å²) in [5.41, 5.74) is 1.56. The number of aliphatic hydroxyl groups excluding tert-OH is 1. The Bertz CT molecular complexity index is 697. The highest BCUT2D eigenvalue weighted by atomic mass is 35.5. The minimum atomic E-state index is -0.550. The standard InChI is InChI=1S/C22H28ClNO3.ClH/c1-17(22(26)18-8-3-2-4-9-18)24-14-12-21(25)19-10-7-11-20(16-19)27-15-6-5-13-23;/h2-4,7-11,16-17,22,24,26H,5-6,12-15H2,1H3;1H. The lowest BCUT2D eigenvalue weighted by Gasteiger charge is -2.17. The molecule has 0 aliphatic rings. The number of unbranched alkanes of at least 4 members (excludes halogenated alkanes) is 1. The van der Waals surface area contributed by atoms with Crippen molar-refractivity contribution in [2.45, 2.75) is 38.3 Å². The summed E-state index contributed by atoms with van der Waals surface area (Å²) in [6, 6.07) is 16.9. The van der Waals surface area contributed by atoms with E-state index in [4.69, 9.17) is 16.3 Å². The molecule has 2 rings (SSSR count). The largest absolute Gasteiger partial charge is 1.00 e. The number of hydrogen-bond donors (Lipinski definition) is 2. The second-order valence-electron chi connectivity index (χ2n) is 6.68. The highest BCUT2D eigenvalue weighted by Crippen LogP contribution is 2.16. The average Bonchev–Trinajstić information content (AvgIpc) is 2.71. The van der Waals surface area contributed by atoms with E-state index in [1.807, 2.05) is 60.8 Å². The normalized spacial score (nSPS) is 12.7. The molecule has 3 N–H and O–H groups in total. The number of carbonyl (C=O) groups excluding carboxylic acids is 1. The van der Waals surface area contributed by atoms with Gasteiger partial charge in [-0.1, -0.05) is 42.5 Å². The van der Waals surface area contributed by atoms with E-state index in [1.54, 1.807) is 6.07 Å². The summed E-state index contributed by atoms with van der Waals surface area (Å²) in [6.07, 6.45) is 1.69. The van der Waals surface area contributed by atoms with Gasteiger partial charge in [-0.3, -0.25) is 4.79 Å². The summed E-state index contributed by atoms with van der Waals surface area (Å²) in [7, 11) is 0. The Labute approximate surface area is 178 Å². The molecule has 28 heavy (non-hydrogen) atoms. The number of quaternary nitrogens is 1. The molecule has 154 valence electrons. The Balaban J connectivity index is 0.00000392. The zero-order valence-corrected chi connectivity index (χ0v) is 17.7. The first-order valence-corrected chi connectivity index (χ1v) is 10.0. The summed E-state index contributed by atoms with van der Waals surface area (Å²) in [6.45, 7) is 3.20. The van der Waals surface area contributed by atoms with Crippen LogP contribution in [0.2, 0.25) is 0 Å². The van der Waals surface area contributed by atoms with Gasteiger partial charge < -0.3 is 27.6 Å². The zero-order chi connectivity index (χ0) is 19.5. The van der Waals surface area contributed by atoms with E-state index in [1.165, 1.54) is 0 Å². The second-order valence-corrected chi connectivity index (χ2v) is 7.06. The number of carbonyl (C=O) groups is 1. The Morgan fingerprint density at radius 1 is 1.14 bits per heavy atom. The number of hydrogen-bond acceptors (Lipinski definition) is 3. The van der Waals surface area contributed by atoms with Crippen LogP contribution in [0.15, 0.2) is 54.6 Å². The van der Waals surface area contributed by atoms with E-state index in [0.717, 1.165) is 18.4 Å². The predicted molar refractivity (Wildman–Crippen MR) is 108 cm³/mol. The van der Waals surface area contributed by atoms with Crippen LogP contribution in [0.4, 0.5) is 0 Å². The molecule has 0 radical (unpaired) electrons. The minimum Gasteiger partial charge on any atom is -1.00 e. The van der Waals surface area contributed by atoms with Gasteiger partial charge in [-0.25, -0.2) is 0 Å². The summed E-state index contributed by atoms with van der Waals surface area (Å²) >= 11 is 5.66. The zero-order valence-electron chi connectivity index (χ0n) is 16.2. The molecule has 0 saturated carbocycles. The van der Waals surface area contributed by atoms with Crippen molar-refractivity contribution >= 4 is 17.4 Å². The van der Waals surface area contributed by atoms with Crippen molar-refractivity contribution in [3.8, 4) is 5.75 Å². The van der Waals surface area contributed by atoms with Gasteiger partial charge in [0.25, 0.3) is 0 Å². The van der Waals surface area contributed by atoms with Crippen LogP contribution < -0.4 is 22.5 Å². The van der Waals surface area contributed by atoms with Crippen molar-refractivity contribution in [2.24, 2.45) is 0 Å². The molecular weight excluding hydrogens is 397 g/mol. The van der Waals surface area contributed by atoms with E-state index in [2.05, 4.69) is 0 Å². The van der Waals surface area contributed by atoms with Crippen molar-refractivity contribution < 1.29 is 32.4 Å². The molecule has 0 saturated heterocycles. The number of alkyl halides is 1. The molecule has 0 spiro atoms. The number of aliphatic hydroxyl groups is 1. The van der Waals surface area contributed by atoms with Gasteiger partial charge in [0.2, 0.25) is 0 Å². The first-order chi connectivity index (χ1) is 13.1. The fraction of sp³-hybridized carbons (Fsp3) is 0.409. The molecule has 2 aromatic carbocycles. The molecule has 2 aromatic rings. The first-order valence-electron chi connectivity index (χ1n) is 9.50. The molecule has 0 aliphatic carbocycles. The SMILES string of the molecule is CC([NH2+]CCC(=O)c1cccc(OCCCCCl)c1)C(O)c1ccccc1.[Cl-]. The van der Waals surface area contributed by atoms with Gasteiger partial charge in [0.05, 0.1) is 19.6 Å². The lowest BCUT2D eigenvalue weighted by molar-refractivity contribution is -0.693. The van der Waals surface area contributed by atoms with Gasteiger partial charge in [0.1, 0.15) is 17.9 Å². The fourth-order valence-electron chi connectivity index (χ4n) is 2.85. The maximum absolute atomic E-state index is 12.4. The maximum atomic E-state index is 12.4. The van der Waals surface area contributed by atoms with E-state index < -0.39 is 6.10 Å². The Kier molecular flexibility index (Phi) is 11.8. The Morgan fingerprint density at radius 2 is 1.89 bits per heavy atom. The number of ether oxygens (including phenoxy) is 1. The number of Topliss-reactive ketones (excluding diaryl/α,β-unsaturated/α-hetero) is 1. The highest BCUT2D eigenvalue weighted by molar-refractivity contribution is 6.17. The fourth-order valence-corrected chi connectivity index (χ4v) is 3.04. The molecule has 0 amide bonds. The van der Waals surface area contributed by atoms with E-state index in [0.29, 0.717) is 36.8 Å². The van der Waals surface area contributed by atoms with Crippen LogP contribution in [-0.4, -0.2) is 36.0 Å². The van der Waals surface area contributed by atoms with Crippen LogP contribution >= 0.6 is 11.6 Å². The van der Waals surface area contributed by atoms with E-state index in [9.17, 15) is 9.90 Å². The van der Waals surface area contributed by atoms with Gasteiger partial charge in [0.15, 0.2) is 5.78 Å². The van der Waals surface area contributed by atoms with Gasteiger partial charge in [-0.05, 0) is 37.5 Å². The van der Waals surface area contributed by atoms with E-state index in [-0.39, 0.29) is 24.2 Å². The first kappa shape index (κ1) is 24.4. The molecule has 2 unspecified atom stereocenters. The summed E-state index contributed by atoms with van der Waals surface area (Å²) < 4.78 is 5.67. The summed E-state index contributed by atoms with van der Waals surface area (Å²) in [4.78, 5) is 12.4. The topological polar surface area (TPSA) is 63.1 Å². The van der Waals surface area contributed by atoms with Gasteiger partial charge >= 0.3 is 0 Å². The molecule has 4 nitrogen and oxygen atoms in total. The number of rotatable bonds is 12. The minimum absolute atomic E-state index is 0. The molecule has 0 bridgehead atoms. The van der Waals surface area contributed by atoms with Crippen LogP contribution in [0, 0.1) is 0 Å². The lowest BCUT2D eigenvalue weighted by Crippen LogP contribution is -3.00. The van der Waals surface area contributed by atoms with Crippen LogP contribution in [-0.2, 0) is 0 Å². The maximum Gasteiger partial charge on any atom is 0.168 e. The quantitative estimate of drug-likeness (QED) is 0.293. The molecule has 2 atom stereocenters. The van der Waals surface area contributed by atoms with Crippen molar-refractivity contribution in [1.82, 2.24) is 0 Å². The molecule has 6 heteroatoms. The van der Waals surface area contributed by atoms with Gasteiger partial charge in [0, 0.05) is 11.4 Å². The van der Waals surface area contributed by atoms with Gasteiger partial charge in [-0.15, -0.1) is 11.6 Å². The third kappa shape index (κ3) is 8.19. The average molecular weight is 426 g/mol.